The zero-order valence-electron chi connectivity index (χ0n) is 18.6. The summed E-state index contributed by atoms with van der Waals surface area (Å²) in [5.74, 6) is 0. The van der Waals surface area contributed by atoms with Gasteiger partial charge in [0.1, 0.15) is 0 Å². The molecule has 31 heavy (non-hydrogen) atoms. The van der Waals surface area contributed by atoms with E-state index in [1.807, 2.05) is 11.5 Å². The van der Waals surface area contributed by atoms with Gasteiger partial charge in [0.05, 0.1) is 39.5 Å². The Bertz CT molecular complexity index is 948. The van der Waals surface area contributed by atoms with Crippen LogP contribution in [-0.4, -0.2) is 50.1 Å². The highest BCUT2D eigenvalue weighted by molar-refractivity contribution is 7.89. The van der Waals surface area contributed by atoms with Crippen molar-refractivity contribution in [1.29, 1.82) is 0 Å². The number of hydrogen-bond acceptors (Lipinski definition) is 5. The van der Waals surface area contributed by atoms with Gasteiger partial charge < -0.3 is 9.64 Å². The first kappa shape index (κ1) is 25.9. The highest BCUT2D eigenvalue weighted by Crippen LogP contribution is 2.26. The molecule has 0 aliphatic rings. The fourth-order valence-corrected chi connectivity index (χ4v) is 4.81. The molecule has 1 atom stereocenters. The molecule has 2 aromatic rings. The number of nitrogens with zero attached hydrogens (tertiary/aromatic N) is 3. The summed E-state index contributed by atoms with van der Waals surface area (Å²) >= 11 is 11.9. The van der Waals surface area contributed by atoms with Gasteiger partial charge in [-0.25, -0.2) is 18.1 Å². The average Bonchev–Trinajstić information content (AvgIpc) is 3.11. The van der Waals surface area contributed by atoms with Crippen molar-refractivity contribution in [3.05, 3.63) is 40.1 Å². The lowest BCUT2D eigenvalue weighted by molar-refractivity contribution is 0.266. The molecule has 1 aromatic heterocycles. The molecule has 1 heterocycles. The quantitative estimate of drug-likeness (QED) is 0.410. The lowest BCUT2D eigenvalue weighted by Crippen LogP contribution is -2.28. The van der Waals surface area contributed by atoms with Crippen molar-refractivity contribution in [2.75, 3.05) is 27.2 Å². The number of aromatic nitrogens is 2. The number of ether oxygens (including phenoxy) is 1. The SMILES string of the molecule is CCn1c(C(C)NS(=O)(=O)c2ccc(Cl)c(Cl)c2)cnc1OCCCCCCN(C)C. The Morgan fingerprint density at radius 2 is 1.87 bits per heavy atom. The van der Waals surface area contributed by atoms with E-state index in [1.54, 1.807) is 13.1 Å². The van der Waals surface area contributed by atoms with Gasteiger partial charge in [-0.3, -0.25) is 4.57 Å². The lowest BCUT2D eigenvalue weighted by Gasteiger charge is -2.17. The lowest BCUT2D eigenvalue weighted by atomic mass is 10.2. The Kier molecular flexibility index (Phi) is 10.1. The summed E-state index contributed by atoms with van der Waals surface area (Å²) in [5.41, 5.74) is 0.729. The van der Waals surface area contributed by atoms with Crippen molar-refractivity contribution in [3.63, 3.8) is 0 Å². The number of hydrogen-bond donors (Lipinski definition) is 1. The second kappa shape index (κ2) is 12.1. The molecule has 0 aliphatic carbocycles. The molecule has 0 saturated carbocycles. The Morgan fingerprint density at radius 1 is 1.16 bits per heavy atom. The van der Waals surface area contributed by atoms with Crippen LogP contribution in [0.2, 0.25) is 10.0 Å². The van der Waals surface area contributed by atoms with E-state index < -0.39 is 16.1 Å². The highest BCUT2D eigenvalue weighted by atomic mass is 35.5. The Hall–Kier alpha value is -1.32. The summed E-state index contributed by atoms with van der Waals surface area (Å²) in [5, 5.41) is 0.491. The van der Waals surface area contributed by atoms with Crippen molar-refractivity contribution in [3.8, 4) is 6.01 Å². The Balaban J connectivity index is 1.96. The summed E-state index contributed by atoms with van der Waals surface area (Å²) < 4.78 is 35.9. The maximum atomic E-state index is 12.7. The number of benzene rings is 1. The fraction of sp³-hybridized carbons (Fsp3) is 0.571. The molecule has 0 fully saturated rings. The van der Waals surface area contributed by atoms with Crippen LogP contribution in [0.1, 0.15) is 51.3 Å². The number of imidazole rings is 1. The van der Waals surface area contributed by atoms with Crippen molar-refractivity contribution in [2.24, 2.45) is 0 Å². The normalized spacial score (nSPS) is 13.0. The van der Waals surface area contributed by atoms with Crippen LogP contribution < -0.4 is 9.46 Å². The van der Waals surface area contributed by atoms with Crippen molar-refractivity contribution in [1.82, 2.24) is 19.2 Å². The van der Waals surface area contributed by atoms with E-state index in [0.29, 0.717) is 24.2 Å². The molecule has 1 aromatic carbocycles. The molecule has 1 N–H and O–H groups in total. The van der Waals surface area contributed by atoms with E-state index in [1.165, 1.54) is 31.0 Å². The van der Waals surface area contributed by atoms with Crippen molar-refractivity contribution < 1.29 is 13.2 Å². The van der Waals surface area contributed by atoms with Gasteiger partial charge in [0, 0.05) is 6.54 Å². The van der Waals surface area contributed by atoms with Crippen molar-refractivity contribution in [2.45, 2.75) is 57.0 Å². The summed E-state index contributed by atoms with van der Waals surface area (Å²) in [4.78, 5) is 6.60. The predicted octanol–water partition coefficient (Wildman–Crippen LogP) is 4.75. The van der Waals surface area contributed by atoms with Crippen LogP contribution >= 0.6 is 23.2 Å². The third kappa shape index (κ3) is 7.64. The van der Waals surface area contributed by atoms with Gasteiger partial charge in [0.2, 0.25) is 10.0 Å². The minimum atomic E-state index is -3.78. The Labute approximate surface area is 195 Å². The molecule has 0 amide bonds. The topological polar surface area (TPSA) is 76.5 Å². The first-order valence-electron chi connectivity index (χ1n) is 10.5. The van der Waals surface area contributed by atoms with E-state index in [0.717, 1.165) is 25.1 Å². The molecule has 2 rings (SSSR count). The fourth-order valence-electron chi connectivity index (χ4n) is 3.20. The zero-order valence-corrected chi connectivity index (χ0v) is 20.9. The van der Waals surface area contributed by atoms with Gasteiger partial charge in [-0.2, -0.15) is 0 Å². The predicted molar refractivity (Wildman–Crippen MR) is 126 cm³/mol. The Morgan fingerprint density at radius 3 is 2.52 bits per heavy atom. The third-order valence-corrected chi connectivity index (χ3v) is 7.15. The van der Waals surface area contributed by atoms with Crippen LogP contribution in [0, 0.1) is 0 Å². The monoisotopic (exact) mass is 490 g/mol. The molecule has 0 bridgehead atoms. The molecular weight excluding hydrogens is 459 g/mol. The average molecular weight is 491 g/mol. The standard InChI is InChI=1S/C21H32Cl2N4O3S/c1-5-27-20(15-24-21(27)30-13-9-7-6-8-12-26(3)4)16(2)25-31(28,29)17-10-11-18(22)19(23)14-17/h10-11,14-16,25H,5-9,12-13H2,1-4H3. The molecule has 0 spiro atoms. The third-order valence-electron chi connectivity index (χ3n) is 4.87. The van der Waals surface area contributed by atoms with Crippen LogP contribution in [0.4, 0.5) is 0 Å². The number of rotatable bonds is 13. The molecule has 0 aliphatic heterocycles. The van der Waals surface area contributed by atoms with Crippen LogP contribution in [0.3, 0.4) is 0 Å². The molecule has 7 nitrogen and oxygen atoms in total. The highest BCUT2D eigenvalue weighted by Gasteiger charge is 2.23. The number of nitrogens with one attached hydrogen (secondary N) is 1. The van der Waals surface area contributed by atoms with Gasteiger partial charge in [0.25, 0.3) is 6.01 Å². The summed E-state index contributed by atoms with van der Waals surface area (Å²) in [6, 6.07) is 4.23. The summed E-state index contributed by atoms with van der Waals surface area (Å²) in [6.07, 6.45) is 6.06. The van der Waals surface area contributed by atoms with E-state index >= 15 is 0 Å². The molecule has 1 unspecified atom stereocenters. The minimum Gasteiger partial charge on any atom is -0.465 e. The molecule has 0 saturated heterocycles. The molecule has 174 valence electrons. The maximum Gasteiger partial charge on any atom is 0.296 e. The molecular formula is C21H32Cl2N4O3S. The van der Waals surface area contributed by atoms with Gasteiger partial charge in [-0.15, -0.1) is 0 Å². The molecule has 0 radical (unpaired) electrons. The first-order valence-corrected chi connectivity index (χ1v) is 12.7. The van der Waals surface area contributed by atoms with E-state index in [9.17, 15) is 8.42 Å². The largest absolute Gasteiger partial charge is 0.465 e. The van der Waals surface area contributed by atoms with Crippen molar-refractivity contribution >= 4 is 33.2 Å². The van der Waals surface area contributed by atoms with Gasteiger partial charge >= 0.3 is 0 Å². The maximum absolute atomic E-state index is 12.7. The van der Waals surface area contributed by atoms with Crippen LogP contribution in [0.15, 0.2) is 29.3 Å². The summed E-state index contributed by atoms with van der Waals surface area (Å²) in [6.45, 7) is 6.04. The van der Waals surface area contributed by atoms with Gasteiger partial charge in [-0.1, -0.05) is 36.0 Å². The minimum absolute atomic E-state index is 0.0575. The zero-order chi connectivity index (χ0) is 23.0. The van der Waals surface area contributed by atoms with E-state index in [4.69, 9.17) is 27.9 Å². The van der Waals surface area contributed by atoms with Crippen LogP contribution in [0.5, 0.6) is 6.01 Å². The van der Waals surface area contributed by atoms with Gasteiger partial charge in [-0.05, 0) is 65.5 Å². The van der Waals surface area contributed by atoms with Crippen LogP contribution in [0.25, 0.3) is 0 Å². The van der Waals surface area contributed by atoms with Gasteiger partial charge in [0.15, 0.2) is 0 Å². The first-order chi connectivity index (χ1) is 14.7. The smallest absolute Gasteiger partial charge is 0.296 e. The van der Waals surface area contributed by atoms with E-state index in [2.05, 4.69) is 28.7 Å². The number of halogens is 2. The number of sulfonamides is 1. The second-order valence-electron chi connectivity index (χ2n) is 7.69. The van der Waals surface area contributed by atoms with Crippen LogP contribution in [-0.2, 0) is 16.6 Å². The second-order valence-corrected chi connectivity index (χ2v) is 10.2. The molecule has 10 heteroatoms. The van der Waals surface area contributed by atoms with E-state index in [-0.39, 0.29) is 9.92 Å². The number of unbranched alkanes of at least 4 members (excludes halogenated alkanes) is 3. The summed E-state index contributed by atoms with van der Waals surface area (Å²) in [7, 11) is 0.384.